The largest absolute Gasteiger partial charge is 0.439 e. The first-order valence-corrected chi connectivity index (χ1v) is 6.52. The second-order valence-electron chi connectivity index (χ2n) is 4.54. The Kier molecular flexibility index (Phi) is 4.75. The lowest BCUT2D eigenvalue weighted by Crippen LogP contribution is -2.23. The quantitative estimate of drug-likeness (QED) is 0.280. The third-order valence-corrected chi connectivity index (χ3v) is 3.05. The summed E-state index contributed by atoms with van der Waals surface area (Å²) in [4.78, 5) is 4.02. The van der Waals surface area contributed by atoms with E-state index in [1.807, 2.05) is 31.1 Å². The monoisotopic (exact) mass is 278 g/mol. The molecule has 1 heterocycles. The molecule has 0 unspecified atom stereocenters. The Morgan fingerprint density at radius 1 is 1.52 bits per heavy atom. The Labute approximate surface area is 124 Å². The standard InChI is InChI=1S/C16H15BN2O2/c1-4-19-16(8-5-12(2)10-18)21-14-6-7-15-13(9-14)11-20-17(15)3/h4-9H,1-2,11H2,3H3/b8-5-,19-16+. The van der Waals surface area contributed by atoms with Crippen LogP contribution in [0.4, 0.5) is 0 Å². The van der Waals surface area contributed by atoms with Gasteiger partial charge >= 0.3 is 6.92 Å². The van der Waals surface area contributed by atoms with Crippen LogP contribution in [-0.2, 0) is 11.3 Å². The first-order valence-electron chi connectivity index (χ1n) is 6.52. The summed E-state index contributed by atoms with van der Waals surface area (Å²) in [6.07, 6.45) is 4.51. The molecule has 0 bridgehead atoms. The van der Waals surface area contributed by atoms with Gasteiger partial charge in [0.05, 0.1) is 12.7 Å². The number of allylic oxidation sites excluding steroid dienone is 2. The summed E-state index contributed by atoms with van der Waals surface area (Å²) < 4.78 is 11.3. The molecule has 0 saturated carbocycles. The lowest BCUT2D eigenvalue weighted by Gasteiger charge is -2.07. The smallest absolute Gasteiger partial charge is 0.324 e. The van der Waals surface area contributed by atoms with Crippen molar-refractivity contribution in [3.8, 4) is 11.8 Å². The van der Waals surface area contributed by atoms with E-state index in [1.54, 1.807) is 12.2 Å². The van der Waals surface area contributed by atoms with Crippen molar-refractivity contribution in [1.82, 2.24) is 0 Å². The average molecular weight is 278 g/mol. The van der Waals surface area contributed by atoms with Gasteiger partial charge in [0.15, 0.2) is 0 Å². The number of nitrogens with zero attached hydrogens (tertiary/aromatic N) is 2. The van der Waals surface area contributed by atoms with E-state index in [1.165, 1.54) is 11.7 Å². The molecular weight excluding hydrogens is 263 g/mol. The molecule has 0 N–H and O–H groups in total. The highest BCUT2D eigenvalue weighted by atomic mass is 16.5. The molecule has 0 saturated heterocycles. The van der Waals surface area contributed by atoms with E-state index in [0.29, 0.717) is 23.8 Å². The van der Waals surface area contributed by atoms with E-state index in [2.05, 4.69) is 18.2 Å². The number of fused-ring (bicyclic) bond motifs is 1. The molecule has 5 heteroatoms. The van der Waals surface area contributed by atoms with Crippen LogP contribution in [0.25, 0.3) is 0 Å². The van der Waals surface area contributed by atoms with E-state index in [9.17, 15) is 0 Å². The molecule has 1 aromatic rings. The average Bonchev–Trinajstić information content (AvgIpc) is 2.85. The summed E-state index contributed by atoms with van der Waals surface area (Å²) in [6.45, 7) is 9.84. The minimum Gasteiger partial charge on any atom is -0.439 e. The van der Waals surface area contributed by atoms with Gasteiger partial charge in [-0.15, -0.1) is 0 Å². The maximum Gasteiger partial charge on any atom is 0.324 e. The molecule has 0 fully saturated rings. The van der Waals surface area contributed by atoms with E-state index < -0.39 is 0 Å². The predicted octanol–water partition coefficient (Wildman–Crippen LogP) is 2.60. The number of nitriles is 1. The number of rotatable bonds is 4. The Morgan fingerprint density at radius 2 is 2.33 bits per heavy atom. The van der Waals surface area contributed by atoms with Crippen LogP contribution in [0.15, 0.2) is 60.3 Å². The SMILES string of the molecule is C=C/N=C(\C=C/C(=C)C#N)Oc1ccc2c(c1)COB2C. The van der Waals surface area contributed by atoms with E-state index >= 15 is 0 Å². The van der Waals surface area contributed by atoms with Gasteiger partial charge in [-0.3, -0.25) is 0 Å². The van der Waals surface area contributed by atoms with Gasteiger partial charge in [-0.05, 0) is 29.2 Å². The molecule has 0 amide bonds. The maximum absolute atomic E-state index is 8.68. The second-order valence-corrected chi connectivity index (χ2v) is 4.54. The van der Waals surface area contributed by atoms with E-state index in [-0.39, 0.29) is 6.92 Å². The Bertz CT molecular complexity index is 671. The summed E-state index contributed by atoms with van der Waals surface area (Å²) in [5.41, 5.74) is 2.62. The van der Waals surface area contributed by atoms with Crippen LogP contribution in [0.3, 0.4) is 0 Å². The van der Waals surface area contributed by atoms with E-state index in [4.69, 9.17) is 14.7 Å². The summed E-state index contributed by atoms with van der Waals surface area (Å²) in [7, 11) is 0. The summed E-state index contributed by atoms with van der Waals surface area (Å²) in [5.74, 6) is 1.01. The number of aliphatic imine (C=N–C) groups is 1. The van der Waals surface area contributed by atoms with Crippen LogP contribution >= 0.6 is 0 Å². The lowest BCUT2D eigenvalue weighted by molar-refractivity contribution is 0.333. The number of ether oxygens (including phenoxy) is 1. The zero-order valence-corrected chi connectivity index (χ0v) is 11.9. The van der Waals surface area contributed by atoms with E-state index in [0.717, 1.165) is 5.56 Å². The Hall–Kier alpha value is -2.58. The molecule has 1 aliphatic rings. The molecule has 104 valence electrons. The first kappa shape index (κ1) is 14.8. The summed E-state index contributed by atoms with van der Waals surface area (Å²) in [6, 6.07) is 7.73. The third kappa shape index (κ3) is 3.71. The molecular formula is C16H15BN2O2. The van der Waals surface area contributed by atoms with Crippen LogP contribution < -0.4 is 10.2 Å². The van der Waals surface area contributed by atoms with Gasteiger partial charge in [0.2, 0.25) is 5.90 Å². The lowest BCUT2D eigenvalue weighted by atomic mass is 9.64. The number of hydrogen-bond acceptors (Lipinski definition) is 4. The fraction of sp³-hybridized carbons (Fsp3) is 0.125. The number of benzene rings is 1. The highest BCUT2D eigenvalue weighted by molar-refractivity contribution is 6.67. The van der Waals surface area contributed by atoms with Crippen molar-refractivity contribution in [1.29, 1.82) is 5.26 Å². The first-order chi connectivity index (χ1) is 10.1. The highest BCUT2D eigenvalue weighted by Crippen LogP contribution is 2.18. The Morgan fingerprint density at radius 3 is 3.05 bits per heavy atom. The van der Waals surface area contributed by atoms with Gasteiger partial charge < -0.3 is 9.39 Å². The van der Waals surface area contributed by atoms with Gasteiger partial charge in [-0.25, -0.2) is 4.99 Å². The van der Waals surface area contributed by atoms with Crippen LogP contribution in [0.5, 0.6) is 5.75 Å². The van der Waals surface area contributed by atoms with Gasteiger partial charge in [-0.1, -0.05) is 26.0 Å². The molecule has 4 nitrogen and oxygen atoms in total. The second kappa shape index (κ2) is 6.73. The van der Waals surface area contributed by atoms with Gasteiger partial charge in [0.1, 0.15) is 5.75 Å². The third-order valence-electron chi connectivity index (χ3n) is 3.05. The van der Waals surface area contributed by atoms with Crippen molar-refractivity contribution in [3.05, 3.63) is 60.8 Å². The van der Waals surface area contributed by atoms with Crippen molar-refractivity contribution in [2.75, 3.05) is 0 Å². The van der Waals surface area contributed by atoms with Crippen molar-refractivity contribution < 1.29 is 9.39 Å². The molecule has 0 atom stereocenters. The predicted molar refractivity (Wildman–Crippen MR) is 84.6 cm³/mol. The van der Waals surface area contributed by atoms with Crippen LogP contribution in [0.2, 0.25) is 6.82 Å². The highest BCUT2D eigenvalue weighted by Gasteiger charge is 2.23. The topological polar surface area (TPSA) is 54.6 Å². The molecule has 1 aliphatic heterocycles. The summed E-state index contributed by atoms with van der Waals surface area (Å²) >= 11 is 0. The van der Waals surface area contributed by atoms with Gasteiger partial charge in [0, 0.05) is 17.8 Å². The molecule has 0 radical (unpaired) electrons. The molecule has 0 aromatic heterocycles. The zero-order valence-electron chi connectivity index (χ0n) is 11.9. The molecule has 0 spiro atoms. The van der Waals surface area contributed by atoms with Crippen LogP contribution in [-0.4, -0.2) is 12.8 Å². The minimum atomic E-state index is 0.120. The normalized spacial score (nSPS) is 13.9. The minimum absolute atomic E-state index is 0.120. The molecule has 1 aromatic carbocycles. The van der Waals surface area contributed by atoms with Gasteiger partial charge in [0.25, 0.3) is 0 Å². The fourth-order valence-electron chi connectivity index (χ4n) is 2.00. The summed E-state index contributed by atoms with van der Waals surface area (Å²) in [5, 5.41) is 8.68. The maximum atomic E-state index is 8.68. The Balaban J connectivity index is 2.17. The number of hydrogen-bond donors (Lipinski definition) is 0. The van der Waals surface area contributed by atoms with Crippen molar-refractivity contribution in [2.24, 2.45) is 4.99 Å². The van der Waals surface area contributed by atoms with Crippen LogP contribution in [0, 0.1) is 11.3 Å². The molecule has 21 heavy (non-hydrogen) atoms. The van der Waals surface area contributed by atoms with Crippen molar-refractivity contribution >= 4 is 18.3 Å². The molecule has 0 aliphatic carbocycles. The van der Waals surface area contributed by atoms with Crippen LogP contribution in [0.1, 0.15) is 5.56 Å². The molecule has 2 rings (SSSR count). The van der Waals surface area contributed by atoms with Crippen molar-refractivity contribution in [2.45, 2.75) is 13.4 Å². The van der Waals surface area contributed by atoms with Gasteiger partial charge in [-0.2, -0.15) is 5.26 Å². The van der Waals surface area contributed by atoms with Crippen molar-refractivity contribution in [3.63, 3.8) is 0 Å². The fourth-order valence-corrected chi connectivity index (χ4v) is 2.00. The zero-order chi connectivity index (χ0) is 15.2.